The number of nitrogens with zero attached hydrogens (tertiary/aromatic N) is 3. The lowest BCUT2D eigenvalue weighted by Gasteiger charge is -2.31. The minimum Gasteiger partial charge on any atom is -0.497 e. The summed E-state index contributed by atoms with van der Waals surface area (Å²) in [5, 5.41) is -0.568. The number of alkyl halides is 3. The quantitative estimate of drug-likeness (QED) is 0.385. The van der Waals surface area contributed by atoms with Crippen molar-refractivity contribution in [2.75, 3.05) is 25.1 Å². The van der Waals surface area contributed by atoms with Crippen LogP contribution in [0.5, 0.6) is 5.75 Å². The number of halogens is 3. The van der Waals surface area contributed by atoms with Crippen LogP contribution in [0.15, 0.2) is 58.4 Å². The molecule has 0 unspecified atom stereocenters. The van der Waals surface area contributed by atoms with Crippen LogP contribution in [0, 0.1) is 5.92 Å². The molecule has 3 aliphatic heterocycles. The van der Waals surface area contributed by atoms with Crippen molar-refractivity contribution in [2.45, 2.75) is 48.2 Å². The summed E-state index contributed by atoms with van der Waals surface area (Å²) in [7, 11) is 1.51. The number of carbonyl (C=O) groups is 3. The number of imide groups is 1. The van der Waals surface area contributed by atoms with E-state index >= 15 is 0 Å². The van der Waals surface area contributed by atoms with Crippen LogP contribution in [0.4, 0.5) is 18.9 Å². The fourth-order valence-corrected chi connectivity index (χ4v) is 8.65. The number of thiazole rings is 1. The number of carbonyl (C=O) groups excluding carboxylic acids is 3. The highest BCUT2D eigenvalue weighted by atomic mass is 32.2. The third-order valence-corrected chi connectivity index (χ3v) is 10.6. The molecule has 3 aromatic rings. The first kappa shape index (κ1) is 28.5. The maximum atomic E-state index is 13.9. The third kappa shape index (κ3) is 4.91. The summed E-state index contributed by atoms with van der Waals surface area (Å²) in [5.41, 5.74) is -0.488. The number of piperidine rings is 1. The lowest BCUT2D eigenvalue weighted by Crippen LogP contribution is -2.39. The van der Waals surface area contributed by atoms with Crippen molar-refractivity contribution in [1.29, 1.82) is 0 Å². The van der Waals surface area contributed by atoms with E-state index in [1.54, 1.807) is 29.2 Å². The SMILES string of the molecule is COc1ccc([C@@H]2c3sc(=O)n(CC(=O)N4CCCCC4)c3S[C@@H]3C(=O)N(c4cccc(C(F)(F)F)c4)C(=O)[C@H]23)cc1. The van der Waals surface area contributed by atoms with E-state index in [0.29, 0.717) is 34.3 Å². The molecule has 220 valence electrons. The number of likely N-dealkylation sites (tertiary alicyclic amines) is 1. The molecule has 3 atom stereocenters. The number of hydrogen-bond donors (Lipinski definition) is 0. The molecule has 3 amide bonds. The van der Waals surface area contributed by atoms with Gasteiger partial charge in [0.05, 0.1) is 29.3 Å². The molecular formula is C29H26F3N3O5S2. The molecule has 0 N–H and O–H groups in total. The topological polar surface area (TPSA) is 88.9 Å². The number of fused-ring (bicyclic) bond motifs is 2. The number of anilines is 1. The van der Waals surface area contributed by atoms with E-state index in [0.717, 1.165) is 65.5 Å². The van der Waals surface area contributed by atoms with Gasteiger partial charge < -0.3 is 9.64 Å². The Hall–Kier alpha value is -3.58. The fourth-order valence-electron chi connectivity index (χ4n) is 5.88. The van der Waals surface area contributed by atoms with Crippen molar-refractivity contribution >= 4 is 46.5 Å². The maximum absolute atomic E-state index is 13.9. The first-order chi connectivity index (χ1) is 20.1. The molecule has 2 aromatic carbocycles. The molecule has 1 aromatic heterocycles. The van der Waals surface area contributed by atoms with Gasteiger partial charge in [0, 0.05) is 23.9 Å². The largest absolute Gasteiger partial charge is 0.497 e. The van der Waals surface area contributed by atoms with E-state index in [4.69, 9.17) is 4.74 Å². The van der Waals surface area contributed by atoms with E-state index in [9.17, 15) is 32.3 Å². The predicted octanol–water partition coefficient (Wildman–Crippen LogP) is 4.75. The second kappa shape index (κ2) is 10.9. The zero-order valence-electron chi connectivity index (χ0n) is 22.4. The van der Waals surface area contributed by atoms with Gasteiger partial charge in [-0.25, -0.2) is 4.90 Å². The van der Waals surface area contributed by atoms with Crippen LogP contribution in [-0.2, 0) is 27.1 Å². The molecule has 13 heteroatoms. The summed E-state index contributed by atoms with van der Waals surface area (Å²) in [5.74, 6) is -2.62. The highest BCUT2D eigenvalue weighted by molar-refractivity contribution is 8.00. The minimum atomic E-state index is -4.66. The van der Waals surface area contributed by atoms with Crippen molar-refractivity contribution in [3.05, 3.63) is 74.2 Å². The van der Waals surface area contributed by atoms with Gasteiger partial charge in [-0.2, -0.15) is 13.2 Å². The number of benzene rings is 2. The molecule has 2 fully saturated rings. The maximum Gasteiger partial charge on any atom is 0.416 e. The monoisotopic (exact) mass is 617 g/mol. The van der Waals surface area contributed by atoms with E-state index in [1.165, 1.54) is 17.7 Å². The number of rotatable bonds is 5. The Labute approximate surface area is 247 Å². The Bertz CT molecular complexity index is 1610. The standard InChI is InChI=1S/C29H26F3N3O5S2/c1-40-19-10-8-16(9-11-19)21-22-23(26(38)35(25(22)37)18-7-5-6-17(14-18)29(30,31)32)41-27-24(21)42-28(39)34(27)15-20(36)33-12-3-2-4-13-33/h5-11,14,21-23H,2-4,12-13,15H2,1H3/t21-,22+,23-/m0/s1. The molecule has 0 bridgehead atoms. The third-order valence-electron chi connectivity index (χ3n) is 7.96. The van der Waals surface area contributed by atoms with E-state index in [1.807, 2.05) is 0 Å². The van der Waals surface area contributed by atoms with Gasteiger partial charge in [-0.05, 0) is 55.2 Å². The lowest BCUT2D eigenvalue weighted by atomic mass is 9.83. The molecule has 6 rings (SSSR count). The van der Waals surface area contributed by atoms with Crippen molar-refractivity contribution < 1.29 is 32.3 Å². The smallest absolute Gasteiger partial charge is 0.416 e. The van der Waals surface area contributed by atoms with Crippen LogP contribution in [0.3, 0.4) is 0 Å². The molecule has 3 aliphatic rings. The summed E-state index contributed by atoms with van der Waals surface area (Å²) >= 11 is 1.96. The van der Waals surface area contributed by atoms with Gasteiger partial charge in [-0.3, -0.25) is 23.7 Å². The molecule has 0 spiro atoms. The summed E-state index contributed by atoms with van der Waals surface area (Å²) in [6.45, 7) is 1.04. The van der Waals surface area contributed by atoms with Gasteiger partial charge >= 0.3 is 11.0 Å². The average Bonchev–Trinajstić information content (AvgIpc) is 3.43. The van der Waals surface area contributed by atoms with Crippen LogP contribution in [0.2, 0.25) is 0 Å². The molecule has 42 heavy (non-hydrogen) atoms. The second-order valence-corrected chi connectivity index (χ2v) is 12.6. The summed E-state index contributed by atoms with van der Waals surface area (Å²) < 4.78 is 47.1. The highest BCUT2D eigenvalue weighted by Crippen LogP contribution is 2.54. The Morgan fingerprint density at radius 1 is 1.00 bits per heavy atom. The van der Waals surface area contributed by atoms with E-state index in [-0.39, 0.29) is 23.0 Å². The number of amides is 3. The van der Waals surface area contributed by atoms with E-state index < -0.39 is 40.6 Å². The van der Waals surface area contributed by atoms with Crippen molar-refractivity contribution in [3.63, 3.8) is 0 Å². The molecule has 0 radical (unpaired) electrons. The number of ether oxygens (including phenoxy) is 1. The zero-order valence-corrected chi connectivity index (χ0v) is 24.1. The minimum absolute atomic E-state index is 0.163. The average molecular weight is 618 g/mol. The molecule has 4 heterocycles. The van der Waals surface area contributed by atoms with Crippen LogP contribution < -0.4 is 14.5 Å². The molecular weight excluding hydrogens is 591 g/mol. The number of hydrogen-bond acceptors (Lipinski definition) is 7. The van der Waals surface area contributed by atoms with Gasteiger partial charge in [-0.15, -0.1) is 0 Å². The highest BCUT2D eigenvalue weighted by Gasteiger charge is 2.57. The van der Waals surface area contributed by atoms with E-state index in [2.05, 4.69) is 0 Å². The van der Waals surface area contributed by atoms with Crippen LogP contribution in [0.1, 0.15) is 41.2 Å². The van der Waals surface area contributed by atoms with Crippen LogP contribution >= 0.6 is 23.1 Å². The molecule has 8 nitrogen and oxygen atoms in total. The Morgan fingerprint density at radius 2 is 1.71 bits per heavy atom. The van der Waals surface area contributed by atoms with Gasteiger partial charge in [0.1, 0.15) is 17.5 Å². The van der Waals surface area contributed by atoms with Crippen molar-refractivity contribution in [1.82, 2.24) is 9.47 Å². The Balaban J connectivity index is 1.43. The normalized spacial score (nSPS) is 22.2. The summed E-state index contributed by atoms with van der Waals surface area (Å²) in [6, 6.07) is 11.1. The Morgan fingerprint density at radius 3 is 2.38 bits per heavy atom. The van der Waals surface area contributed by atoms with Crippen molar-refractivity contribution in [3.8, 4) is 5.75 Å². The molecule has 0 aliphatic carbocycles. The van der Waals surface area contributed by atoms with Gasteiger partial charge in [0.2, 0.25) is 17.7 Å². The zero-order chi connectivity index (χ0) is 29.8. The van der Waals surface area contributed by atoms with Crippen LogP contribution in [0.25, 0.3) is 0 Å². The van der Waals surface area contributed by atoms with Gasteiger partial charge in [-0.1, -0.05) is 41.3 Å². The predicted molar refractivity (Wildman–Crippen MR) is 151 cm³/mol. The first-order valence-corrected chi connectivity index (χ1v) is 15.1. The first-order valence-electron chi connectivity index (χ1n) is 13.5. The summed E-state index contributed by atoms with van der Waals surface area (Å²) in [4.78, 5) is 56.9. The molecule has 2 saturated heterocycles. The second-order valence-electron chi connectivity index (χ2n) is 10.4. The Kier molecular flexibility index (Phi) is 7.42. The number of aromatic nitrogens is 1. The fraction of sp³-hybridized carbons (Fsp3) is 0.379. The van der Waals surface area contributed by atoms with Gasteiger partial charge in [0.25, 0.3) is 0 Å². The number of methoxy groups -OCH3 is 1. The van der Waals surface area contributed by atoms with Crippen molar-refractivity contribution in [2.24, 2.45) is 5.92 Å². The summed E-state index contributed by atoms with van der Waals surface area (Å²) in [6.07, 6.45) is -1.83. The van der Waals surface area contributed by atoms with Crippen LogP contribution in [-0.4, -0.2) is 52.6 Å². The lowest BCUT2D eigenvalue weighted by molar-refractivity contribution is -0.137. The molecule has 0 saturated carbocycles. The number of thioether (sulfide) groups is 1. The van der Waals surface area contributed by atoms with Gasteiger partial charge in [0.15, 0.2) is 0 Å².